The van der Waals surface area contributed by atoms with E-state index in [1.54, 1.807) is 6.07 Å². The van der Waals surface area contributed by atoms with E-state index >= 15 is 0 Å². The average Bonchev–Trinajstić information content (AvgIpc) is 2.70. The first-order chi connectivity index (χ1) is 13.3. The quantitative estimate of drug-likeness (QED) is 0.512. The number of aryl methyl sites for hydroxylation is 1. The second-order valence-electron chi connectivity index (χ2n) is 6.55. The van der Waals surface area contributed by atoms with E-state index in [0.29, 0.717) is 12.1 Å². The van der Waals surface area contributed by atoms with E-state index in [9.17, 15) is 13.2 Å². The van der Waals surface area contributed by atoms with Crippen LogP contribution in [0.4, 0.5) is 5.69 Å². The minimum Gasteiger partial charge on any atom is -0.378 e. The Balaban J connectivity index is 1.90. The summed E-state index contributed by atoms with van der Waals surface area (Å²) in [6.07, 6.45) is 1.64. The van der Waals surface area contributed by atoms with Crippen molar-refractivity contribution in [3.8, 4) is 0 Å². The lowest BCUT2D eigenvalue weighted by Crippen LogP contribution is -2.27. The Morgan fingerprint density at radius 1 is 1.07 bits per heavy atom. The molecule has 2 aromatic carbocycles. The van der Waals surface area contributed by atoms with Crippen molar-refractivity contribution in [2.45, 2.75) is 17.7 Å². The van der Waals surface area contributed by atoms with Crippen LogP contribution in [-0.4, -0.2) is 53.6 Å². The Labute approximate surface area is 166 Å². The standard InChI is InChI=1S/C20H27N3O4S/c1-22(2)18-12-10-16(11-13-18)7-6-14-21-20(24)17-8-5-9-19(15-17)28(25,26)23(3)27-4/h5,8-13,15H,6-7,14H2,1-4H3,(H,21,24). The normalized spacial score (nSPS) is 11.5. The van der Waals surface area contributed by atoms with Gasteiger partial charge in [-0.25, -0.2) is 8.42 Å². The van der Waals surface area contributed by atoms with Gasteiger partial charge in [-0.2, -0.15) is 0 Å². The van der Waals surface area contributed by atoms with Gasteiger partial charge < -0.3 is 10.2 Å². The van der Waals surface area contributed by atoms with Crippen molar-refractivity contribution in [2.24, 2.45) is 0 Å². The second-order valence-corrected chi connectivity index (χ2v) is 8.48. The fraction of sp³-hybridized carbons (Fsp3) is 0.350. The van der Waals surface area contributed by atoms with Crippen molar-refractivity contribution in [1.29, 1.82) is 0 Å². The highest BCUT2D eigenvalue weighted by Crippen LogP contribution is 2.16. The molecule has 0 aromatic heterocycles. The van der Waals surface area contributed by atoms with Crippen LogP contribution in [0.1, 0.15) is 22.3 Å². The van der Waals surface area contributed by atoms with Crippen LogP contribution >= 0.6 is 0 Å². The smallest absolute Gasteiger partial charge is 0.264 e. The van der Waals surface area contributed by atoms with Crippen molar-refractivity contribution in [1.82, 2.24) is 9.79 Å². The van der Waals surface area contributed by atoms with Gasteiger partial charge in [0.05, 0.1) is 12.0 Å². The van der Waals surface area contributed by atoms with E-state index in [2.05, 4.69) is 29.6 Å². The average molecular weight is 406 g/mol. The van der Waals surface area contributed by atoms with E-state index in [-0.39, 0.29) is 10.8 Å². The maximum atomic E-state index is 12.3. The third-order valence-electron chi connectivity index (χ3n) is 4.37. The SMILES string of the molecule is CON(C)S(=O)(=O)c1cccc(C(=O)NCCCc2ccc(N(C)C)cc2)c1. The monoisotopic (exact) mass is 405 g/mol. The summed E-state index contributed by atoms with van der Waals surface area (Å²) in [6, 6.07) is 14.2. The molecule has 1 amide bonds. The first-order valence-electron chi connectivity index (χ1n) is 8.93. The number of rotatable bonds is 9. The van der Waals surface area contributed by atoms with Gasteiger partial charge in [-0.1, -0.05) is 22.7 Å². The van der Waals surface area contributed by atoms with Gasteiger partial charge in [-0.05, 0) is 48.7 Å². The lowest BCUT2D eigenvalue weighted by Gasteiger charge is -2.14. The maximum absolute atomic E-state index is 12.3. The number of sulfonamides is 1. The molecule has 2 rings (SSSR count). The molecule has 0 radical (unpaired) electrons. The minimum absolute atomic E-state index is 0.00508. The molecule has 0 heterocycles. The summed E-state index contributed by atoms with van der Waals surface area (Å²) in [7, 11) is 2.77. The summed E-state index contributed by atoms with van der Waals surface area (Å²) in [5, 5.41) is 2.83. The number of carbonyl (C=O) groups excluding carboxylic acids is 1. The highest BCUT2D eigenvalue weighted by atomic mass is 32.2. The number of hydroxylamine groups is 1. The van der Waals surface area contributed by atoms with Crippen LogP contribution in [0.25, 0.3) is 0 Å². The van der Waals surface area contributed by atoms with Crippen molar-refractivity contribution in [2.75, 3.05) is 39.7 Å². The largest absolute Gasteiger partial charge is 0.378 e. The third-order valence-corrected chi connectivity index (χ3v) is 6.05. The number of nitrogens with one attached hydrogen (secondary N) is 1. The van der Waals surface area contributed by atoms with Gasteiger partial charge in [0.25, 0.3) is 15.9 Å². The van der Waals surface area contributed by atoms with Crippen LogP contribution in [0.15, 0.2) is 53.4 Å². The number of amides is 1. The number of anilines is 1. The fourth-order valence-corrected chi connectivity index (χ4v) is 3.62. The van der Waals surface area contributed by atoms with E-state index in [1.807, 2.05) is 19.0 Å². The molecule has 0 bridgehead atoms. The van der Waals surface area contributed by atoms with E-state index in [4.69, 9.17) is 4.84 Å². The molecule has 0 saturated heterocycles. The minimum atomic E-state index is -3.79. The Hall–Kier alpha value is -2.42. The van der Waals surface area contributed by atoms with Crippen LogP contribution in [0.5, 0.6) is 0 Å². The summed E-state index contributed by atoms with van der Waals surface area (Å²) < 4.78 is 25.3. The summed E-state index contributed by atoms with van der Waals surface area (Å²) in [5.41, 5.74) is 2.64. The van der Waals surface area contributed by atoms with E-state index in [1.165, 1.54) is 37.9 Å². The van der Waals surface area contributed by atoms with E-state index in [0.717, 1.165) is 23.0 Å². The van der Waals surface area contributed by atoms with Crippen molar-refractivity contribution >= 4 is 21.6 Å². The maximum Gasteiger partial charge on any atom is 0.264 e. The molecule has 0 spiro atoms. The van der Waals surface area contributed by atoms with Gasteiger partial charge in [0.1, 0.15) is 0 Å². The Kier molecular flexibility index (Phi) is 7.56. The zero-order chi connectivity index (χ0) is 20.7. The van der Waals surface area contributed by atoms with Crippen molar-refractivity contribution in [3.63, 3.8) is 0 Å². The van der Waals surface area contributed by atoms with Crippen LogP contribution < -0.4 is 10.2 Å². The molecule has 0 atom stereocenters. The lowest BCUT2D eigenvalue weighted by molar-refractivity contribution is -0.0258. The second kappa shape index (κ2) is 9.68. The summed E-state index contributed by atoms with van der Waals surface area (Å²) in [6.45, 7) is 0.503. The molecule has 8 heteroatoms. The molecule has 0 aliphatic heterocycles. The van der Waals surface area contributed by atoms with Gasteiger partial charge in [-0.3, -0.25) is 9.63 Å². The molecule has 1 N–H and O–H groups in total. The number of carbonyl (C=O) groups is 1. The predicted molar refractivity (Wildman–Crippen MR) is 110 cm³/mol. The molecule has 7 nitrogen and oxygen atoms in total. The fourth-order valence-electron chi connectivity index (χ4n) is 2.60. The van der Waals surface area contributed by atoms with Gasteiger partial charge >= 0.3 is 0 Å². The van der Waals surface area contributed by atoms with Gasteiger partial charge in [0, 0.05) is 38.9 Å². The zero-order valence-electron chi connectivity index (χ0n) is 16.7. The Morgan fingerprint density at radius 3 is 2.36 bits per heavy atom. The number of hydrogen-bond acceptors (Lipinski definition) is 5. The Morgan fingerprint density at radius 2 is 1.75 bits per heavy atom. The molecule has 2 aromatic rings. The van der Waals surface area contributed by atoms with Crippen LogP contribution in [-0.2, 0) is 21.3 Å². The third kappa shape index (κ3) is 5.54. The van der Waals surface area contributed by atoms with Crippen molar-refractivity contribution < 1.29 is 18.0 Å². The summed E-state index contributed by atoms with van der Waals surface area (Å²) >= 11 is 0. The van der Waals surface area contributed by atoms with Crippen LogP contribution in [0, 0.1) is 0 Å². The molecule has 0 saturated carbocycles. The van der Waals surface area contributed by atoms with Crippen LogP contribution in [0.2, 0.25) is 0 Å². The molecular formula is C20H27N3O4S. The van der Waals surface area contributed by atoms with Gasteiger partial charge in [0.15, 0.2) is 0 Å². The van der Waals surface area contributed by atoms with Gasteiger partial charge in [-0.15, -0.1) is 0 Å². The topological polar surface area (TPSA) is 78.9 Å². The number of hydrogen-bond donors (Lipinski definition) is 1. The number of nitrogens with zero attached hydrogens (tertiary/aromatic N) is 2. The molecule has 0 aliphatic carbocycles. The highest BCUT2D eigenvalue weighted by Gasteiger charge is 2.21. The molecular weight excluding hydrogens is 378 g/mol. The van der Waals surface area contributed by atoms with Gasteiger partial charge in [0.2, 0.25) is 0 Å². The first kappa shape index (κ1) is 21.9. The summed E-state index contributed by atoms with van der Waals surface area (Å²) in [5.74, 6) is -0.305. The number of benzene rings is 2. The lowest BCUT2D eigenvalue weighted by atomic mass is 10.1. The molecule has 152 valence electrons. The molecule has 0 aliphatic rings. The molecule has 0 unspecified atom stereocenters. The first-order valence-corrected chi connectivity index (χ1v) is 10.4. The van der Waals surface area contributed by atoms with E-state index < -0.39 is 10.0 Å². The molecule has 28 heavy (non-hydrogen) atoms. The predicted octanol–water partition coefficient (Wildman–Crippen LogP) is 2.30. The Bertz CT molecular complexity index is 896. The molecule has 0 fully saturated rings. The zero-order valence-corrected chi connectivity index (χ0v) is 17.5. The van der Waals surface area contributed by atoms with Crippen LogP contribution in [0.3, 0.4) is 0 Å². The highest BCUT2D eigenvalue weighted by molar-refractivity contribution is 7.89. The summed E-state index contributed by atoms with van der Waals surface area (Å²) in [4.78, 5) is 19.1. The van der Waals surface area contributed by atoms with Crippen molar-refractivity contribution in [3.05, 3.63) is 59.7 Å².